The smallest absolute Gasteiger partial charge is 0.288 e. The average molecular weight is 384 g/mol. The van der Waals surface area contributed by atoms with Crippen molar-refractivity contribution >= 4 is 34.6 Å². The zero-order valence-corrected chi connectivity index (χ0v) is 14.6. The molecule has 0 aliphatic carbocycles. The van der Waals surface area contributed by atoms with Crippen molar-refractivity contribution in [1.82, 2.24) is 30.4 Å². The van der Waals surface area contributed by atoms with Gasteiger partial charge in [-0.25, -0.2) is 5.10 Å². The Morgan fingerprint density at radius 2 is 2.04 bits per heavy atom. The number of aromatic nitrogens is 6. The van der Waals surface area contributed by atoms with E-state index in [-0.39, 0.29) is 11.6 Å². The van der Waals surface area contributed by atoms with Gasteiger partial charge in [-0.05, 0) is 34.0 Å². The van der Waals surface area contributed by atoms with Crippen LogP contribution in [0.25, 0.3) is 11.3 Å². The number of benzene rings is 1. The number of nitrogens with zero attached hydrogens (tertiary/aromatic N) is 5. The Kier molecular flexibility index (Phi) is 3.37. The molecule has 3 aromatic heterocycles. The number of fused-ring (bicyclic) bond motifs is 2. The van der Waals surface area contributed by atoms with E-state index in [0.29, 0.717) is 22.4 Å². The zero-order chi connectivity index (χ0) is 17.7. The van der Waals surface area contributed by atoms with Crippen molar-refractivity contribution in [2.75, 3.05) is 5.32 Å². The van der Waals surface area contributed by atoms with Crippen LogP contribution in [0.5, 0.6) is 0 Å². The van der Waals surface area contributed by atoms with Crippen LogP contribution in [0.1, 0.15) is 16.5 Å². The topological polar surface area (TPSA) is 101 Å². The first-order valence-electron chi connectivity index (χ1n) is 7.69. The summed E-state index contributed by atoms with van der Waals surface area (Å²) in [6.45, 7) is 0. The van der Waals surface area contributed by atoms with Crippen LogP contribution in [0.2, 0.25) is 5.02 Å². The second kappa shape index (κ2) is 5.75. The first kappa shape index (κ1) is 15.2. The summed E-state index contributed by atoms with van der Waals surface area (Å²) in [5, 5.41) is 24.3. The molecular weight excluding hydrogens is 374 g/mol. The Balaban J connectivity index is 1.82. The highest BCUT2D eigenvalue weighted by atomic mass is 35.5. The van der Waals surface area contributed by atoms with Crippen LogP contribution >= 0.6 is 22.9 Å². The van der Waals surface area contributed by atoms with Gasteiger partial charge in [0.2, 0.25) is 5.95 Å². The molecule has 0 saturated heterocycles. The molecule has 8 nitrogen and oxygen atoms in total. The number of hydrogen-bond donors (Lipinski definition) is 2. The quantitative estimate of drug-likeness (QED) is 0.486. The molecule has 10 heteroatoms. The molecular formula is C16H10ClN7OS. The Labute approximate surface area is 155 Å². The van der Waals surface area contributed by atoms with Crippen molar-refractivity contribution in [2.45, 2.75) is 6.04 Å². The van der Waals surface area contributed by atoms with Crippen LogP contribution in [0.3, 0.4) is 0 Å². The van der Waals surface area contributed by atoms with E-state index in [1.807, 2.05) is 29.6 Å². The molecule has 0 saturated carbocycles. The first-order chi connectivity index (χ1) is 12.7. The highest BCUT2D eigenvalue weighted by Crippen LogP contribution is 2.42. The van der Waals surface area contributed by atoms with Gasteiger partial charge in [-0.3, -0.25) is 4.79 Å². The SMILES string of the molecule is O=c1[nH]nc(-c2ccc(Cl)cc2)c2c1Nc1nnnn1[C@H]2c1cccs1. The lowest BCUT2D eigenvalue weighted by Crippen LogP contribution is -2.28. The highest BCUT2D eigenvalue weighted by molar-refractivity contribution is 7.10. The summed E-state index contributed by atoms with van der Waals surface area (Å²) < 4.78 is 1.66. The number of anilines is 2. The van der Waals surface area contributed by atoms with Crippen molar-refractivity contribution in [3.63, 3.8) is 0 Å². The molecule has 0 spiro atoms. The minimum absolute atomic E-state index is 0.325. The van der Waals surface area contributed by atoms with Crippen LogP contribution in [-0.4, -0.2) is 30.4 Å². The molecule has 0 amide bonds. The fraction of sp³-hybridized carbons (Fsp3) is 0.0625. The lowest BCUT2D eigenvalue weighted by Gasteiger charge is -2.26. The Morgan fingerprint density at radius 3 is 2.81 bits per heavy atom. The van der Waals surface area contributed by atoms with Crippen LogP contribution in [0.15, 0.2) is 46.6 Å². The van der Waals surface area contributed by atoms with Crippen LogP contribution in [0, 0.1) is 0 Å². The van der Waals surface area contributed by atoms with Gasteiger partial charge in [0, 0.05) is 21.0 Å². The van der Waals surface area contributed by atoms with Gasteiger partial charge in [0.05, 0.1) is 5.69 Å². The summed E-state index contributed by atoms with van der Waals surface area (Å²) in [7, 11) is 0. The van der Waals surface area contributed by atoms with Gasteiger partial charge in [-0.1, -0.05) is 34.9 Å². The van der Waals surface area contributed by atoms with Crippen molar-refractivity contribution in [3.8, 4) is 11.3 Å². The maximum atomic E-state index is 12.5. The predicted octanol–water partition coefficient (Wildman–Crippen LogP) is 2.83. The summed E-state index contributed by atoms with van der Waals surface area (Å²) in [6, 6.07) is 10.9. The standard InChI is InChI=1S/C16H10ClN7OS/c17-9-5-3-8(4-6-9)12-11-13(15(25)20-19-12)18-16-21-22-23-24(16)14(11)10-2-1-7-26-10/h1-7,14H,(H,20,25)(H,18,21,23)/t14-/m0/s1. The maximum Gasteiger partial charge on any atom is 0.288 e. The number of nitrogens with one attached hydrogen (secondary N) is 2. The lowest BCUT2D eigenvalue weighted by atomic mass is 9.96. The molecule has 0 radical (unpaired) electrons. The minimum Gasteiger partial charge on any atom is -0.318 e. The summed E-state index contributed by atoms with van der Waals surface area (Å²) in [5.74, 6) is 0.412. The second-order valence-corrected chi connectivity index (χ2v) is 7.10. The molecule has 26 heavy (non-hydrogen) atoms. The summed E-state index contributed by atoms with van der Waals surface area (Å²) in [6.07, 6.45) is 0. The minimum atomic E-state index is -0.350. The van der Waals surface area contributed by atoms with Crippen LogP contribution in [0.4, 0.5) is 11.6 Å². The summed E-state index contributed by atoms with van der Waals surface area (Å²) in [5.41, 5.74) is 2.27. The maximum absolute atomic E-state index is 12.5. The van der Waals surface area contributed by atoms with Crippen molar-refractivity contribution in [3.05, 3.63) is 67.6 Å². The summed E-state index contributed by atoms with van der Waals surface area (Å²) in [4.78, 5) is 13.5. The molecule has 2 N–H and O–H groups in total. The fourth-order valence-electron chi connectivity index (χ4n) is 3.08. The fourth-order valence-corrected chi connectivity index (χ4v) is 4.02. The third kappa shape index (κ3) is 2.25. The lowest BCUT2D eigenvalue weighted by molar-refractivity contribution is 0.574. The monoisotopic (exact) mass is 383 g/mol. The third-order valence-electron chi connectivity index (χ3n) is 4.20. The second-order valence-electron chi connectivity index (χ2n) is 5.69. The number of H-pyrrole nitrogens is 1. The molecule has 0 unspecified atom stereocenters. The number of aromatic amines is 1. The van der Waals surface area contributed by atoms with Crippen LogP contribution < -0.4 is 10.9 Å². The van der Waals surface area contributed by atoms with Crippen molar-refractivity contribution in [2.24, 2.45) is 0 Å². The van der Waals surface area contributed by atoms with Crippen molar-refractivity contribution in [1.29, 1.82) is 0 Å². The molecule has 1 aromatic carbocycles. The number of thiophene rings is 1. The molecule has 5 rings (SSSR count). The van der Waals surface area contributed by atoms with Gasteiger partial charge >= 0.3 is 0 Å². The van der Waals surface area contributed by atoms with E-state index in [9.17, 15) is 4.79 Å². The zero-order valence-electron chi connectivity index (χ0n) is 13.0. The molecule has 4 heterocycles. The normalized spacial score (nSPS) is 15.2. The van der Waals surface area contributed by atoms with E-state index in [1.54, 1.807) is 28.2 Å². The largest absolute Gasteiger partial charge is 0.318 e. The predicted molar refractivity (Wildman–Crippen MR) is 98.0 cm³/mol. The molecule has 0 bridgehead atoms. The molecule has 128 valence electrons. The Morgan fingerprint density at radius 1 is 1.19 bits per heavy atom. The van der Waals surface area contributed by atoms with Gasteiger partial charge in [-0.2, -0.15) is 9.78 Å². The van der Waals surface area contributed by atoms with Gasteiger partial charge in [0.1, 0.15) is 11.7 Å². The van der Waals surface area contributed by atoms with Gasteiger partial charge in [0.15, 0.2) is 0 Å². The van der Waals surface area contributed by atoms with E-state index in [4.69, 9.17) is 11.6 Å². The molecule has 0 fully saturated rings. The Hall–Kier alpha value is -3.04. The highest BCUT2D eigenvalue weighted by Gasteiger charge is 2.34. The Bertz CT molecular complexity index is 1150. The molecule has 1 aliphatic heterocycles. The van der Waals surface area contributed by atoms with E-state index < -0.39 is 0 Å². The third-order valence-corrected chi connectivity index (χ3v) is 5.38. The molecule has 1 atom stereocenters. The van der Waals surface area contributed by atoms with E-state index in [1.165, 1.54) is 0 Å². The van der Waals surface area contributed by atoms with Gasteiger partial charge in [0.25, 0.3) is 5.56 Å². The summed E-state index contributed by atoms with van der Waals surface area (Å²) >= 11 is 7.58. The number of tetrazole rings is 1. The first-order valence-corrected chi connectivity index (χ1v) is 8.95. The molecule has 1 aliphatic rings. The van der Waals surface area contributed by atoms with Crippen LogP contribution in [-0.2, 0) is 0 Å². The number of hydrogen-bond acceptors (Lipinski definition) is 7. The van der Waals surface area contributed by atoms with E-state index in [2.05, 4.69) is 31.0 Å². The van der Waals surface area contributed by atoms with Gasteiger partial charge < -0.3 is 5.32 Å². The van der Waals surface area contributed by atoms with Gasteiger partial charge in [-0.15, -0.1) is 11.3 Å². The molecule has 4 aromatic rings. The average Bonchev–Trinajstić information content (AvgIpc) is 3.33. The van der Waals surface area contributed by atoms with E-state index >= 15 is 0 Å². The number of rotatable bonds is 2. The van der Waals surface area contributed by atoms with Crippen molar-refractivity contribution < 1.29 is 0 Å². The van der Waals surface area contributed by atoms with E-state index in [0.717, 1.165) is 16.0 Å². The number of halogens is 1.